The molecule has 3 aromatic carbocycles. The van der Waals surface area contributed by atoms with Crippen molar-refractivity contribution >= 4 is 45.2 Å². The number of hydrogen-bond donors (Lipinski definition) is 3. The Hall–Kier alpha value is -4.17. The Morgan fingerprint density at radius 3 is 2.59 bits per heavy atom. The number of aliphatic hydroxyl groups is 1. The van der Waals surface area contributed by atoms with Crippen LogP contribution in [0.5, 0.6) is 0 Å². The zero-order valence-electron chi connectivity index (χ0n) is 18.9. The van der Waals surface area contributed by atoms with Crippen molar-refractivity contribution in [1.82, 2.24) is 4.98 Å². The van der Waals surface area contributed by atoms with Crippen LogP contribution in [0.25, 0.3) is 21.8 Å². The van der Waals surface area contributed by atoms with Crippen molar-refractivity contribution in [3.63, 3.8) is 0 Å². The molecule has 34 heavy (non-hydrogen) atoms. The van der Waals surface area contributed by atoms with Gasteiger partial charge < -0.3 is 19.9 Å². The average Bonchev–Trinajstić information content (AvgIpc) is 2.86. The third-order valence-corrected chi connectivity index (χ3v) is 5.28. The number of hydrogen-bond acceptors (Lipinski definition) is 7. The first kappa shape index (κ1) is 23.0. The van der Waals surface area contributed by atoms with Crippen molar-refractivity contribution in [2.45, 2.75) is 19.6 Å². The van der Waals surface area contributed by atoms with E-state index in [9.17, 15) is 14.7 Å². The minimum atomic E-state index is -1.11. The predicted molar refractivity (Wildman–Crippen MR) is 131 cm³/mol. The summed E-state index contributed by atoms with van der Waals surface area (Å²) in [7, 11) is 1.32. The Kier molecular flexibility index (Phi) is 6.89. The fourth-order valence-corrected chi connectivity index (χ4v) is 3.70. The van der Waals surface area contributed by atoms with Crippen LogP contribution >= 0.6 is 0 Å². The van der Waals surface area contributed by atoms with E-state index in [0.717, 1.165) is 11.8 Å². The number of anilines is 2. The van der Waals surface area contributed by atoms with E-state index in [2.05, 4.69) is 15.6 Å². The normalized spacial score (nSPS) is 11.7. The van der Waals surface area contributed by atoms with Gasteiger partial charge in [0.05, 0.1) is 36.0 Å². The average molecular weight is 460 g/mol. The lowest BCUT2D eigenvalue weighted by Gasteiger charge is -2.19. The summed E-state index contributed by atoms with van der Waals surface area (Å²) in [5.74, 6) is -0.492. The fourth-order valence-electron chi connectivity index (χ4n) is 3.70. The van der Waals surface area contributed by atoms with Crippen LogP contribution in [-0.2, 0) is 9.47 Å². The van der Waals surface area contributed by atoms with Crippen molar-refractivity contribution in [2.75, 3.05) is 24.4 Å². The first-order valence-electron chi connectivity index (χ1n) is 10.9. The number of para-hydroxylation sites is 2. The van der Waals surface area contributed by atoms with E-state index in [1.807, 2.05) is 37.3 Å². The third kappa shape index (κ3) is 4.77. The number of ether oxygens (including phenoxy) is 2. The molecule has 1 unspecified atom stereocenters. The zero-order chi connectivity index (χ0) is 24.1. The topological polar surface area (TPSA) is 110 Å². The van der Waals surface area contributed by atoms with Crippen molar-refractivity contribution in [3.8, 4) is 0 Å². The number of benzene rings is 3. The standard InChI is InChI=1S/C26H25N3O5/c1-3-14-34-26(32)27-17-9-6-8-16(15-17)24(30)29-22-18-10-4-5-13-21(18)28-23-19(22)11-7-12-20(23)25(31)33-2/h4-13,15,24,30H,3,14H2,1-2H3,(H,27,32)(H,28,29). The Morgan fingerprint density at radius 1 is 1.03 bits per heavy atom. The molecule has 3 N–H and O–H groups in total. The maximum absolute atomic E-state index is 12.3. The zero-order valence-corrected chi connectivity index (χ0v) is 18.9. The first-order chi connectivity index (χ1) is 16.5. The molecule has 1 aromatic heterocycles. The molecule has 0 bridgehead atoms. The molecule has 1 amide bonds. The largest absolute Gasteiger partial charge is 0.465 e. The van der Waals surface area contributed by atoms with Gasteiger partial charge in [0.25, 0.3) is 0 Å². The number of amides is 1. The van der Waals surface area contributed by atoms with Gasteiger partial charge in [0, 0.05) is 22.0 Å². The molecule has 0 saturated carbocycles. The molecular formula is C26H25N3O5. The van der Waals surface area contributed by atoms with E-state index in [1.54, 1.807) is 36.4 Å². The summed E-state index contributed by atoms with van der Waals surface area (Å²) in [5, 5.41) is 18.3. The molecule has 0 spiro atoms. The van der Waals surface area contributed by atoms with Gasteiger partial charge in [0.1, 0.15) is 0 Å². The Morgan fingerprint density at radius 2 is 1.79 bits per heavy atom. The molecule has 174 valence electrons. The maximum Gasteiger partial charge on any atom is 0.411 e. The smallest absolute Gasteiger partial charge is 0.411 e. The van der Waals surface area contributed by atoms with E-state index < -0.39 is 18.3 Å². The van der Waals surface area contributed by atoms with Crippen LogP contribution in [0.2, 0.25) is 0 Å². The molecule has 8 heteroatoms. The van der Waals surface area contributed by atoms with E-state index in [-0.39, 0.29) is 0 Å². The molecule has 1 atom stereocenters. The summed E-state index contributed by atoms with van der Waals surface area (Å²) in [6.07, 6.45) is -0.936. The van der Waals surface area contributed by atoms with Crippen LogP contribution in [0.15, 0.2) is 66.7 Å². The second-order valence-corrected chi connectivity index (χ2v) is 7.63. The highest BCUT2D eigenvalue weighted by Gasteiger charge is 2.18. The van der Waals surface area contributed by atoms with Crippen LogP contribution in [-0.4, -0.2) is 35.9 Å². The Balaban J connectivity index is 1.72. The lowest BCUT2D eigenvalue weighted by atomic mass is 10.0. The van der Waals surface area contributed by atoms with Crippen LogP contribution in [0.1, 0.15) is 35.5 Å². The van der Waals surface area contributed by atoms with Gasteiger partial charge in [0.15, 0.2) is 6.23 Å². The van der Waals surface area contributed by atoms with E-state index >= 15 is 0 Å². The maximum atomic E-state index is 12.3. The summed E-state index contributed by atoms with van der Waals surface area (Å²) in [6.45, 7) is 2.24. The number of carbonyl (C=O) groups is 2. The molecule has 0 aliphatic rings. The number of fused-ring (bicyclic) bond motifs is 2. The second-order valence-electron chi connectivity index (χ2n) is 7.63. The number of methoxy groups -OCH3 is 1. The predicted octanol–water partition coefficient (Wildman–Crippen LogP) is 5.24. The van der Waals surface area contributed by atoms with Crippen LogP contribution in [0.4, 0.5) is 16.2 Å². The molecule has 4 aromatic rings. The van der Waals surface area contributed by atoms with Crippen molar-refractivity contribution in [2.24, 2.45) is 0 Å². The van der Waals surface area contributed by atoms with E-state index in [0.29, 0.717) is 45.5 Å². The Bertz CT molecular complexity index is 1360. The number of aliphatic hydroxyl groups excluding tert-OH is 1. The molecule has 0 radical (unpaired) electrons. The summed E-state index contributed by atoms with van der Waals surface area (Å²) >= 11 is 0. The van der Waals surface area contributed by atoms with E-state index in [4.69, 9.17) is 9.47 Å². The number of nitrogens with one attached hydrogen (secondary N) is 2. The molecule has 0 fully saturated rings. The summed E-state index contributed by atoms with van der Waals surface area (Å²) in [6, 6.07) is 19.5. The number of carbonyl (C=O) groups excluding carboxylic acids is 2. The van der Waals surface area contributed by atoms with Gasteiger partial charge in [-0.05, 0) is 30.7 Å². The van der Waals surface area contributed by atoms with Crippen molar-refractivity contribution in [1.29, 1.82) is 0 Å². The van der Waals surface area contributed by atoms with Crippen LogP contribution in [0.3, 0.4) is 0 Å². The molecule has 0 aliphatic heterocycles. The Labute approximate surface area is 196 Å². The van der Waals surface area contributed by atoms with Gasteiger partial charge in [-0.15, -0.1) is 0 Å². The summed E-state index contributed by atoms with van der Waals surface area (Å²) in [5.41, 5.74) is 3.12. The molecule has 4 rings (SSSR count). The SMILES string of the molecule is CCCOC(=O)Nc1cccc(C(O)Nc2c3ccccc3nc3c(C(=O)OC)cccc23)c1. The van der Waals surface area contributed by atoms with Gasteiger partial charge in [-0.2, -0.15) is 0 Å². The highest BCUT2D eigenvalue weighted by atomic mass is 16.5. The number of rotatable bonds is 7. The molecule has 0 saturated heterocycles. The van der Waals surface area contributed by atoms with Crippen LogP contribution in [0, 0.1) is 0 Å². The minimum absolute atomic E-state index is 0.325. The van der Waals surface area contributed by atoms with E-state index in [1.165, 1.54) is 7.11 Å². The number of pyridine rings is 1. The highest BCUT2D eigenvalue weighted by Crippen LogP contribution is 2.34. The van der Waals surface area contributed by atoms with Crippen LogP contribution < -0.4 is 10.6 Å². The van der Waals surface area contributed by atoms with Crippen molar-refractivity contribution < 1.29 is 24.2 Å². The lowest BCUT2D eigenvalue weighted by molar-refractivity contribution is 0.0602. The molecule has 0 aliphatic carbocycles. The van der Waals surface area contributed by atoms with Gasteiger partial charge in [0.2, 0.25) is 0 Å². The number of aromatic nitrogens is 1. The van der Waals surface area contributed by atoms with Crippen molar-refractivity contribution in [3.05, 3.63) is 77.9 Å². The summed E-state index contributed by atoms with van der Waals surface area (Å²) < 4.78 is 9.98. The molecular weight excluding hydrogens is 434 g/mol. The van der Waals surface area contributed by atoms with Gasteiger partial charge in [-0.3, -0.25) is 5.32 Å². The quantitative estimate of drug-likeness (QED) is 0.197. The monoisotopic (exact) mass is 459 g/mol. The number of nitrogens with zero attached hydrogens (tertiary/aromatic N) is 1. The number of esters is 1. The minimum Gasteiger partial charge on any atom is -0.465 e. The fraction of sp³-hybridized carbons (Fsp3) is 0.192. The third-order valence-electron chi connectivity index (χ3n) is 5.28. The summed E-state index contributed by atoms with van der Waals surface area (Å²) in [4.78, 5) is 28.9. The molecule has 1 heterocycles. The van der Waals surface area contributed by atoms with Gasteiger partial charge >= 0.3 is 12.1 Å². The highest BCUT2D eigenvalue weighted by molar-refractivity contribution is 6.13. The molecule has 8 nitrogen and oxygen atoms in total. The van der Waals surface area contributed by atoms with Gasteiger partial charge in [-0.25, -0.2) is 14.6 Å². The second kappa shape index (κ2) is 10.2. The van der Waals surface area contributed by atoms with Gasteiger partial charge in [-0.1, -0.05) is 49.4 Å². The first-order valence-corrected chi connectivity index (χ1v) is 10.9. The lowest BCUT2D eigenvalue weighted by Crippen LogP contribution is -2.15.